The van der Waals surface area contributed by atoms with Crippen molar-refractivity contribution in [2.45, 2.75) is 45.3 Å². The Hall–Kier alpha value is -1.79. The van der Waals surface area contributed by atoms with Crippen LogP contribution in [0.2, 0.25) is 0 Å². The number of amides is 2. The van der Waals surface area contributed by atoms with Crippen molar-refractivity contribution in [3.05, 3.63) is 0 Å². The third-order valence-corrected chi connectivity index (χ3v) is 2.13. The molecule has 1 atom stereocenters. The zero-order valence-electron chi connectivity index (χ0n) is 12.0. The lowest BCUT2D eigenvalue weighted by Crippen LogP contribution is -2.44. The molecule has 0 heterocycles. The number of carbonyl (C=O) groups excluding carboxylic acids is 2. The van der Waals surface area contributed by atoms with Crippen LogP contribution < -0.4 is 5.32 Å². The molecule has 2 amide bonds. The van der Waals surface area contributed by atoms with Gasteiger partial charge in [-0.2, -0.15) is 0 Å². The van der Waals surface area contributed by atoms with E-state index >= 15 is 0 Å². The molecule has 0 aromatic rings. The highest BCUT2D eigenvalue weighted by molar-refractivity contribution is 5.81. The fourth-order valence-corrected chi connectivity index (χ4v) is 1.20. The van der Waals surface area contributed by atoms with Gasteiger partial charge in [0, 0.05) is 20.5 Å². The van der Waals surface area contributed by atoms with E-state index in [9.17, 15) is 14.4 Å². The predicted octanol–water partition coefficient (Wildman–Crippen LogP) is 0.833. The van der Waals surface area contributed by atoms with Gasteiger partial charge in [-0.1, -0.05) is 0 Å². The van der Waals surface area contributed by atoms with Gasteiger partial charge in [-0.25, -0.2) is 9.59 Å². The van der Waals surface area contributed by atoms with Crippen LogP contribution in [0.3, 0.4) is 0 Å². The molecule has 0 aromatic carbocycles. The SMILES string of the molecule is CN(C)C(=O)CC[C@H](NC(=O)OC(C)(C)C)C(=O)O. The van der Waals surface area contributed by atoms with Crippen LogP contribution in [-0.4, -0.2) is 53.7 Å². The molecule has 110 valence electrons. The molecule has 0 rings (SSSR count). The molecule has 0 aliphatic rings. The van der Waals surface area contributed by atoms with E-state index in [-0.39, 0.29) is 18.7 Å². The van der Waals surface area contributed by atoms with E-state index < -0.39 is 23.7 Å². The minimum Gasteiger partial charge on any atom is -0.480 e. The van der Waals surface area contributed by atoms with E-state index in [4.69, 9.17) is 9.84 Å². The van der Waals surface area contributed by atoms with Gasteiger partial charge >= 0.3 is 12.1 Å². The minimum atomic E-state index is -1.20. The van der Waals surface area contributed by atoms with Crippen molar-refractivity contribution < 1.29 is 24.2 Å². The first kappa shape index (κ1) is 17.2. The summed E-state index contributed by atoms with van der Waals surface area (Å²) in [6.07, 6.45) is -0.747. The Morgan fingerprint density at radius 3 is 2.16 bits per heavy atom. The van der Waals surface area contributed by atoms with Crippen LogP contribution in [0.1, 0.15) is 33.6 Å². The molecule has 0 saturated carbocycles. The molecule has 7 nitrogen and oxygen atoms in total. The number of nitrogens with one attached hydrogen (secondary N) is 1. The van der Waals surface area contributed by atoms with E-state index in [0.29, 0.717) is 0 Å². The number of ether oxygens (including phenoxy) is 1. The number of carboxylic acid groups (broad SMARTS) is 1. The zero-order valence-corrected chi connectivity index (χ0v) is 12.0. The van der Waals surface area contributed by atoms with Gasteiger partial charge in [-0.15, -0.1) is 0 Å². The molecule has 0 fully saturated rings. The monoisotopic (exact) mass is 274 g/mol. The minimum absolute atomic E-state index is 0.0194. The van der Waals surface area contributed by atoms with Crippen LogP contribution in [0.5, 0.6) is 0 Å². The highest BCUT2D eigenvalue weighted by Gasteiger charge is 2.24. The second-order valence-corrected chi connectivity index (χ2v) is 5.36. The molecule has 2 N–H and O–H groups in total. The van der Waals surface area contributed by atoms with Gasteiger partial charge in [0.15, 0.2) is 0 Å². The highest BCUT2D eigenvalue weighted by atomic mass is 16.6. The lowest BCUT2D eigenvalue weighted by Gasteiger charge is -2.22. The largest absolute Gasteiger partial charge is 0.480 e. The molecule has 0 radical (unpaired) electrons. The van der Waals surface area contributed by atoms with Crippen LogP contribution in [0.4, 0.5) is 4.79 Å². The number of hydrogen-bond donors (Lipinski definition) is 2. The Kier molecular flexibility index (Phi) is 6.31. The van der Waals surface area contributed by atoms with Crippen molar-refractivity contribution in [1.29, 1.82) is 0 Å². The summed E-state index contributed by atoms with van der Waals surface area (Å²) in [5.74, 6) is -1.39. The van der Waals surface area contributed by atoms with Gasteiger partial charge in [-0.05, 0) is 27.2 Å². The van der Waals surface area contributed by atoms with Gasteiger partial charge < -0.3 is 20.1 Å². The Balaban J connectivity index is 4.39. The van der Waals surface area contributed by atoms with Gasteiger partial charge in [0.05, 0.1) is 0 Å². The molecule has 0 saturated heterocycles. The molecule has 0 aromatic heterocycles. The van der Waals surface area contributed by atoms with E-state index in [2.05, 4.69) is 5.32 Å². The third kappa shape index (κ3) is 8.01. The average molecular weight is 274 g/mol. The summed E-state index contributed by atoms with van der Waals surface area (Å²) in [5.41, 5.74) is -0.702. The van der Waals surface area contributed by atoms with Gasteiger partial charge in [0.25, 0.3) is 0 Å². The summed E-state index contributed by atoms with van der Waals surface area (Å²) in [5, 5.41) is 11.2. The Bertz CT molecular complexity index is 347. The van der Waals surface area contributed by atoms with Crippen LogP contribution in [0.25, 0.3) is 0 Å². The van der Waals surface area contributed by atoms with Crippen molar-refractivity contribution >= 4 is 18.0 Å². The normalized spacial score (nSPS) is 12.5. The maximum atomic E-state index is 11.5. The number of aliphatic carboxylic acids is 1. The fraction of sp³-hybridized carbons (Fsp3) is 0.750. The number of alkyl carbamates (subject to hydrolysis) is 1. The van der Waals surface area contributed by atoms with Crippen molar-refractivity contribution in [3.63, 3.8) is 0 Å². The zero-order chi connectivity index (χ0) is 15.2. The third-order valence-electron chi connectivity index (χ3n) is 2.13. The molecule has 0 aliphatic carbocycles. The summed E-state index contributed by atoms with van der Waals surface area (Å²) in [7, 11) is 3.17. The standard InChI is InChI=1S/C12H22N2O5/c1-12(2,3)19-11(18)13-8(10(16)17)6-7-9(15)14(4)5/h8H,6-7H2,1-5H3,(H,13,18)(H,16,17)/t8-/m0/s1. The number of carbonyl (C=O) groups is 3. The molecule has 19 heavy (non-hydrogen) atoms. The Morgan fingerprint density at radius 2 is 1.79 bits per heavy atom. The van der Waals surface area contributed by atoms with Gasteiger partial charge in [0.2, 0.25) is 5.91 Å². The lowest BCUT2D eigenvalue weighted by molar-refractivity contribution is -0.140. The smallest absolute Gasteiger partial charge is 0.408 e. The molecule has 0 bridgehead atoms. The molecule has 0 unspecified atom stereocenters. The lowest BCUT2D eigenvalue weighted by atomic mass is 10.1. The quantitative estimate of drug-likeness (QED) is 0.774. The van der Waals surface area contributed by atoms with Crippen molar-refractivity contribution in [2.24, 2.45) is 0 Å². The number of rotatable bonds is 5. The second kappa shape index (κ2) is 6.96. The summed E-state index contributed by atoms with van der Waals surface area (Å²) >= 11 is 0. The van der Waals surface area contributed by atoms with Crippen LogP contribution in [0.15, 0.2) is 0 Å². The number of carboxylic acids is 1. The second-order valence-electron chi connectivity index (χ2n) is 5.36. The predicted molar refractivity (Wildman–Crippen MR) is 68.7 cm³/mol. The Labute approximate surface area is 112 Å². The average Bonchev–Trinajstić information content (AvgIpc) is 2.20. The summed E-state index contributed by atoms with van der Waals surface area (Å²) in [6.45, 7) is 5.04. The first-order valence-electron chi connectivity index (χ1n) is 5.95. The van der Waals surface area contributed by atoms with E-state index in [1.54, 1.807) is 34.9 Å². The van der Waals surface area contributed by atoms with E-state index in [1.165, 1.54) is 4.90 Å². The van der Waals surface area contributed by atoms with E-state index in [0.717, 1.165) is 0 Å². The highest BCUT2D eigenvalue weighted by Crippen LogP contribution is 2.08. The molecule has 0 spiro atoms. The maximum Gasteiger partial charge on any atom is 0.408 e. The first-order valence-corrected chi connectivity index (χ1v) is 5.95. The molecule has 7 heteroatoms. The summed E-state index contributed by atoms with van der Waals surface area (Å²) in [6, 6.07) is -1.14. The topological polar surface area (TPSA) is 95.9 Å². The fourth-order valence-electron chi connectivity index (χ4n) is 1.20. The first-order chi connectivity index (χ1) is 8.53. The molecular weight excluding hydrogens is 252 g/mol. The number of nitrogens with zero attached hydrogens (tertiary/aromatic N) is 1. The van der Waals surface area contributed by atoms with Crippen LogP contribution in [0, 0.1) is 0 Å². The van der Waals surface area contributed by atoms with Gasteiger partial charge in [0.1, 0.15) is 11.6 Å². The van der Waals surface area contributed by atoms with Crippen LogP contribution >= 0.6 is 0 Å². The van der Waals surface area contributed by atoms with Gasteiger partial charge in [-0.3, -0.25) is 4.79 Å². The molecular formula is C12H22N2O5. The van der Waals surface area contributed by atoms with Crippen molar-refractivity contribution in [2.75, 3.05) is 14.1 Å². The summed E-state index contributed by atoms with van der Waals surface area (Å²) < 4.78 is 4.96. The number of hydrogen-bond acceptors (Lipinski definition) is 4. The maximum absolute atomic E-state index is 11.5. The summed E-state index contributed by atoms with van der Waals surface area (Å²) in [4.78, 5) is 35.2. The van der Waals surface area contributed by atoms with Crippen molar-refractivity contribution in [1.82, 2.24) is 10.2 Å². The van der Waals surface area contributed by atoms with Crippen LogP contribution in [-0.2, 0) is 14.3 Å². The molecule has 0 aliphatic heterocycles. The van der Waals surface area contributed by atoms with Crippen molar-refractivity contribution in [3.8, 4) is 0 Å². The Morgan fingerprint density at radius 1 is 1.26 bits per heavy atom. The van der Waals surface area contributed by atoms with E-state index in [1.807, 2.05) is 0 Å².